The number of fused-ring (bicyclic) bond motifs is 7. The first-order valence-electron chi connectivity index (χ1n) is 18.5. The highest BCUT2D eigenvalue weighted by Crippen LogP contribution is 2.52. The Hall–Kier alpha value is -7.18. The van der Waals surface area contributed by atoms with E-state index in [-0.39, 0.29) is 5.41 Å². The number of furan rings is 1. The number of aromatic nitrogens is 4. The van der Waals surface area contributed by atoms with Gasteiger partial charge in [-0.2, -0.15) is 0 Å². The third-order valence-electron chi connectivity index (χ3n) is 11.0. The molecule has 0 amide bonds. The van der Waals surface area contributed by atoms with Crippen LogP contribution in [-0.2, 0) is 5.41 Å². The molecule has 0 N–H and O–H groups in total. The summed E-state index contributed by atoms with van der Waals surface area (Å²) in [5.41, 5.74) is 13.7. The van der Waals surface area contributed by atoms with Gasteiger partial charge in [-0.05, 0) is 76.3 Å². The smallest absolute Gasteiger partial charge is 0.227 e. The van der Waals surface area contributed by atoms with E-state index in [9.17, 15) is 0 Å². The Kier molecular flexibility index (Phi) is 6.79. The molecule has 1 aliphatic rings. The fraction of sp³-hybridized carbons (Fsp3) is 0.0612. The average molecular weight is 709 g/mol. The molecule has 6 nitrogen and oxygen atoms in total. The van der Waals surface area contributed by atoms with Gasteiger partial charge in [-0.15, -0.1) is 0 Å². The zero-order valence-corrected chi connectivity index (χ0v) is 30.1. The minimum Gasteiger partial charge on any atom is -0.455 e. The summed E-state index contributed by atoms with van der Waals surface area (Å²) >= 11 is 0. The average Bonchev–Trinajstić information content (AvgIpc) is 3.91. The molecule has 0 radical (unpaired) electrons. The molecule has 0 saturated heterocycles. The van der Waals surface area contributed by atoms with Gasteiger partial charge in [-0.3, -0.25) is 0 Å². The summed E-state index contributed by atoms with van der Waals surface area (Å²) in [6, 6.07) is 53.8. The molecule has 0 fully saturated rings. The number of oxazole rings is 1. The molecule has 0 atom stereocenters. The lowest BCUT2D eigenvalue weighted by molar-refractivity contribution is 0.614. The highest BCUT2D eigenvalue weighted by Gasteiger charge is 2.37. The van der Waals surface area contributed by atoms with Crippen LogP contribution in [0.2, 0.25) is 0 Å². The second-order valence-electron chi connectivity index (χ2n) is 14.6. The quantitative estimate of drug-likeness (QED) is 0.177. The molecule has 10 aromatic rings. The Morgan fingerprint density at radius 3 is 1.71 bits per heavy atom. The van der Waals surface area contributed by atoms with Crippen LogP contribution < -0.4 is 0 Å². The van der Waals surface area contributed by atoms with Gasteiger partial charge in [0, 0.05) is 44.0 Å². The summed E-state index contributed by atoms with van der Waals surface area (Å²) < 4.78 is 13.1. The van der Waals surface area contributed by atoms with Crippen molar-refractivity contribution in [1.82, 2.24) is 19.9 Å². The number of para-hydroxylation sites is 1. The van der Waals surface area contributed by atoms with E-state index < -0.39 is 0 Å². The molecule has 0 unspecified atom stereocenters. The van der Waals surface area contributed by atoms with Crippen molar-refractivity contribution in [2.24, 2.45) is 0 Å². The first-order chi connectivity index (χ1) is 27.0. The van der Waals surface area contributed by atoms with Gasteiger partial charge in [0.25, 0.3) is 0 Å². The maximum absolute atomic E-state index is 6.76. The van der Waals surface area contributed by atoms with Crippen LogP contribution in [0.5, 0.6) is 0 Å². The van der Waals surface area contributed by atoms with Gasteiger partial charge in [-0.1, -0.05) is 123 Å². The number of hydrogen-bond acceptors (Lipinski definition) is 6. The van der Waals surface area contributed by atoms with Crippen LogP contribution in [0.1, 0.15) is 25.0 Å². The normalized spacial score (nSPS) is 13.1. The summed E-state index contributed by atoms with van der Waals surface area (Å²) in [6.45, 7) is 4.58. The van der Waals surface area contributed by atoms with E-state index in [1.165, 1.54) is 22.3 Å². The highest BCUT2D eigenvalue weighted by molar-refractivity contribution is 6.16. The van der Waals surface area contributed by atoms with Gasteiger partial charge in [0.15, 0.2) is 23.1 Å². The van der Waals surface area contributed by atoms with Crippen molar-refractivity contribution in [2.45, 2.75) is 19.3 Å². The minimum absolute atomic E-state index is 0.270. The zero-order valence-electron chi connectivity index (χ0n) is 30.1. The summed E-state index contributed by atoms with van der Waals surface area (Å²) in [7, 11) is 0. The predicted octanol–water partition coefficient (Wildman–Crippen LogP) is 12.6. The highest BCUT2D eigenvalue weighted by atomic mass is 16.3. The zero-order chi connectivity index (χ0) is 36.7. The van der Waals surface area contributed by atoms with Crippen LogP contribution >= 0.6 is 0 Å². The first kappa shape index (κ1) is 31.4. The van der Waals surface area contributed by atoms with E-state index >= 15 is 0 Å². The van der Waals surface area contributed by atoms with Gasteiger partial charge < -0.3 is 8.83 Å². The molecule has 0 spiro atoms. The predicted molar refractivity (Wildman–Crippen MR) is 219 cm³/mol. The monoisotopic (exact) mass is 708 g/mol. The van der Waals surface area contributed by atoms with Gasteiger partial charge in [0.05, 0.1) is 0 Å². The number of hydrogen-bond donors (Lipinski definition) is 0. The Balaban J connectivity index is 1.07. The van der Waals surface area contributed by atoms with Crippen molar-refractivity contribution in [3.05, 3.63) is 169 Å². The Bertz CT molecular complexity index is 3050. The largest absolute Gasteiger partial charge is 0.455 e. The molecule has 0 bridgehead atoms. The third kappa shape index (κ3) is 4.95. The van der Waals surface area contributed by atoms with Crippen molar-refractivity contribution >= 4 is 33.0 Å². The van der Waals surface area contributed by atoms with Crippen molar-refractivity contribution in [3.8, 4) is 67.9 Å². The molecule has 55 heavy (non-hydrogen) atoms. The van der Waals surface area contributed by atoms with Crippen molar-refractivity contribution in [3.63, 3.8) is 0 Å². The summed E-state index contributed by atoms with van der Waals surface area (Å²) in [4.78, 5) is 20.0. The lowest BCUT2D eigenvalue weighted by atomic mass is 9.81. The van der Waals surface area contributed by atoms with E-state index in [0.29, 0.717) is 23.4 Å². The van der Waals surface area contributed by atoms with E-state index in [2.05, 4.69) is 68.4 Å². The number of rotatable bonds is 5. The van der Waals surface area contributed by atoms with E-state index in [0.717, 1.165) is 66.4 Å². The topological polar surface area (TPSA) is 77.8 Å². The van der Waals surface area contributed by atoms with Crippen LogP contribution in [0.3, 0.4) is 0 Å². The third-order valence-corrected chi connectivity index (χ3v) is 11.0. The fourth-order valence-corrected chi connectivity index (χ4v) is 8.20. The van der Waals surface area contributed by atoms with Crippen LogP contribution in [0, 0.1) is 0 Å². The lowest BCUT2D eigenvalue weighted by Gasteiger charge is -2.22. The standard InChI is InChI=1S/C49H32N4O2/c1-49(2)38-26-32(22-23-34(38)37-27-40-42(28-39(37)49)55-48(50-40)31-18-10-5-11-19-31)33-24-25-36(43-35-20-12-13-21-41(35)54-44(33)43)47-52-45(29-14-6-3-7-15-29)51-46(53-47)30-16-8-4-9-17-30/h3-28H,1-2H3. The van der Waals surface area contributed by atoms with Gasteiger partial charge >= 0.3 is 0 Å². The van der Waals surface area contributed by atoms with Gasteiger partial charge in [-0.25, -0.2) is 19.9 Å². The van der Waals surface area contributed by atoms with Crippen LogP contribution in [0.4, 0.5) is 0 Å². The first-order valence-corrected chi connectivity index (χ1v) is 18.5. The van der Waals surface area contributed by atoms with Crippen molar-refractivity contribution in [1.29, 1.82) is 0 Å². The molecular formula is C49H32N4O2. The molecule has 1 aliphatic carbocycles. The molecule has 3 aromatic heterocycles. The van der Waals surface area contributed by atoms with Crippen LogP contribution in [0.15, 0.2) is 167 Å². The van der Waals surface area contributed by atoms with Crippen molar-refractivity contribution in [2.75, 3.05) is 0 Å². The number of nitrogens with zero attached hydrogens (tertiary/aromatic N) is 4. The summed E-state index contributed by atoms with van der Waals surface area (Å²) in [5.74, 6) is 2.46. The molecule has 6 heteroatoms. The van der Waals surface area contributed by atoms with E-state index in [1.807, 2.05) is 103 Å². The fourth-order valence-electron chi connectivity index (χ4n) is 8.20. The second kappa shape index (κ2) is 11.9. The van der Waals surface area contributed by atoms with E-state index in [4.69, 9.17) is 28.8 Å². The second-order valence-corrected chi connectivity index (χ2v) is 14.6. The maximum Gasteiger partial charge on any atom is 0.227 e. The van der Waals surface area contributed by atoms with E-state index in [1.54, 1.807) is 0 Å². The van der Waals surface area contributed by atoms with Crippen LogP contribution in [-0.4, -0.2) is 19.9 Å². The number of benzene rings is 7. The SMILES string of the molecule is CC1(C)c2cc(-c3ccc(-c4nc(-c5ccccc5)nc(-c5ccccc5)n4)c4c3oc3ccccc34)ccc2-c2cc3nc(-c4ccccc4)oc3cc21. The lowest BCUT2D eigenvalue weighted by Crippen LogP contribution is -2.15. The molecule has 11 rings (SSSR count). The van der Waals surface area contributed by atoms with Gasteiger partial charge in [0.2, 0.25) is 5.89 Å². The molecule has 0 saturated carbocycles. The summed E-state index contributed by atoms with van der Waals surface area (Å²) in [6.07, 6.45) is 0. The molecule has 260 valence electrons. The molecule has 7 aromatic carbocycles. The molecule has 3 heterocycles. The molecular weight excluding hydrogens is 677 g/mol. The van der Waals surface area contributed by atoms with Crippen molar-refractivity contribution < 1.29 is 8.83 Å². The Morgan fingerprint density at radius 1 is 0.418 bits per heavy atom. The maximum atomic E-state index is 6.76. The van der Waals surface area contributed by atoms with Crippen LogP contribution in [0.25, 0.3) is 101 Å². The van der Waals surface area contributed by atoms with Gasteiger partial charge in [0.1, 0.15) is 16.7 Å². The Labute approximate surface area is 316 Å². The minimum atomic E-state index is -0.270. The molecule has 0 aliphatic heterocycles. The Morgan fingerprint density at radius 2 is 1.00 bits per heavy atom. The summed E-state index contributed by atoms with van der Waals surface area (Å²) in [5, 5.41) is 1.98.